The standard InChI is InChI=1S/C24H28N2O3S/c1-3-19(2)26(24(28)22-12-8-16-30-22)18-23(27)25(17-21-11-7-15-29-21)14-13-20-9-5-4-6-10-20/h4-12,15-16,19H,3,13-14,17-18H2,1-2H3/t19-/m1/s1. The van der Waals surface area contributed by atoms with E-state index in [1.807, 2.05) is 61.7 Å². The molecule has 0 bridgehead atoms. The first-order valence-corrected chi connectivity index (χ1v) is 11.1. The van der Waals surface area contributed by atoms with Crippen LogP contribution in [0.4, 0.5) is 0 Å². The van der Waals surface area contributed by atoms with Gasteiger partial charge >= 0.3 is 0 Å². The Kier molecular flexibility index (Phi) is 7.85. The highest BCUT2D eigenvalue weighted by atomic mass is 32.1. The maximum Gasteiger partial charge on any atom is 0.264 e. The lowest BCUT2D eigenvalue weighted by molar-refractivity contribution is -0.133. The van der Waals surface area contributed by atoms with Gasteiger partial charge in [0, 0.05) is 12.6 Å². The molecule has 0 saturated heterocycles. The molecular formula is C24H28N2O3S. The van der Waals surface area contributed by atoms with Crippen molar-refractivity contribution in [1.29, 1.82) is 0 Å². The van der Waals surface area contributed by atoms with Crippen LogP contribution in [0.2, 0.25) is 0 Å². The maximum absolute atomic E-state index is 13.3. The Morgan fingerprint density at radius 2 is 1.87 bits per heavy atom. The quantitative estimate of drug-likeness (QED) is 0.467. The Morgan fingerprint density at radius 1 is 1.07 bits per heavy atom. The minimum atomic E-state index is -0.0892. The number of rotatable bonds is 10. The maximum atomic E-state index is 13.3. The van der Waals surface area contributed by atoms with Crippen molar-refractivity contribution in [2.24, 2.45) is 0 Å². The van der Waals surface area contributed by atoms with Gasteiger partial charge < -0.3 is 14.2 Å². The summed E-state index contributed by atoms with van der Waals surface area (Å²) in [7, 11) is 0. The number of carbonyl (C=O) groups excluding carboxylic acids is 2. The molecule has 1 atom stereocenters. The molecule has 30 heavy (non-hydrogen) atoms. The summed E-state index contributed by atoms with van der Waals surface area (Å²) in [5.74, 6) is 0.567. The molecule has 0 aliphatic heterocycles. The number of hydrogen-bond donors (Lipinski definition) is 0. The SMILES string of the molecule is CC[C@@H](C)N(CC(=O)N(CCc1ccccc1)Cc1ccco1)C(=O)c1cccs1. The minimum absolute atomic E-state index is 0.0249. The second kappa shape index (κ2) is 10.8. The monoisotopic (exact) mass is 424 g/mol. The number of furan rings is 1. The minimum Gasteiger partial charge on any atom is -0.467 e. The van der Waals surface area contributed by atoms with Crippen molar-refractivity contribution in [3.05, 3.63) is 82.4 Å². The summed E-state index contributed by atoms with van der Waals surface area (Å²) in [4.78, 5) is 30.4. The first-order chi connectivity index (χ1) is 14.6. The average molecular weight is 425 g/mol. The third-order valence-corrected chi connectivity index (χ3v) is 6.07. The summed E-state index contributed by atoms with van der Waals surface area (Å²) >= 11 is 1.40. The summed E-state index contributed by atoms with van der Waals surface area (Å²) in [6.45, 7) is 5.02. The van der Waals surface area contributed by atoms with Crippen LogP contribution in [0.25, 0.3) is 0 Å². The molecule has 0 aliphatic carbocycles. The molecule has 2 aromatic heterocycles. The summed E-state index contributed by atoms with van der Waals surface area (Å²) < 4.78 is 5.47. The Labute approximate surface area is 181 Å². The molecule has 3 aromatic rings. The van der Waals surface area contributed by atoms with Crippen molar-refractivity contribution < 1.29 is 14.0 Å². The molecule has 3 rings (SSSR count). The van der Waals surface area contributed by atoms with Crippen molar-refractivity contribution in [3.63, 3.8) is 0 Å². The number of nitrogens with zero attached hydrogens (tertiary/aromatic N) is 2. The van der Waals surface area contributed by atoms with E-state index >= 15 is 0 Å². The highest BCUT2D eigenvalue weighted by molar-refractivity contribution is 7.12. The van der Waals surface area contributed by atoms with Gasteiger partial charge in [-0.15, -0.1) is 11.3 Å². The van der Waals surface area contributed by atoms with Crippen LogP contribution in [0, 0.1) is 0 Å². The van der Waals surface area contributed by atoms with E-state index in [0.29, 0.717) is 18.0 Å². The van der Waals surface area contributed by atoms with E-state index in [0.717, 1.165) is 18.6 Å². The molecule has 0 fully saturated rings. The molecule has 1 aromatic carbocycles. The molecule has 2 amide bonds. The molecule has 0 radical (unpaired) electrons. The summed E-state index contributed by atoms with van der Waals surface area (Å²) in [5, 5.41) is 1.88. The number of carbonyl (C=O) groups is 2. The number of thiophene rings is 1. The van der Waals surface area contributed by atoms with Crippen LogP contribution in [-0.2, 0) is 17.8 Å². The van der Waals surface area contributed by atoms with Crippen molar-refractivity contribution >= 4 is 23.2 Å². The van der Waals surface area contributed by atoms with Crippen molar-refractivity contribution in [3.8, 4) is 0 Å². The lowest BCUT2D eigenvalue weighted by Gasteiger charge is -2.31. The smallest absolute Gasteiger partial charge is 0.264 e. The zero-order chi connectivity index (χ0) is 21.3. The lowest BCUT2D eigenvalue weighted by Crippen LogP contribution is -2.46. The summed E-state index contributed by atoms with van der Waals surface area (Å²) in [5.41, 5.74) is 1.17. The molecule has 0 spiro atoms. The van der Waals surface area contributed by atoms with Gasteiger partial charge in [0.15, 0.2) is 0 Å². The zero-order valence-electron chi connectivity index (χ0n) is 17.5. The van der Waals surface area contributed by atoms with E-state index < -0.39 is 0 Å². The fourth-order valence-electron chi connectivity index (χ4n) is 3.23. The predicted octanol–water partition coefficient (Wildman–Crippen LogP) is 4.85. The van der Waals surface area contributed by atoms with Crippen LogP contribution < -0.4 is 0 Å². The van der Waals surface area contributed by atoms with Gasteiger partial charge in [0.25, 0.3) is 5.91 Å². The largest absolute Gasteiger partial charge is 0.467 e. The number of amides is 2. The van der Waals surface area contributed by atoms with Gasteiger partial charge in [0.05, 0.1) is 17.7 Å². The molecule has 5 nitrogen and oxygen atoms in total. The Balaban J connectivity index is 1.74. The van der Waals surface area contributed by atoms with Gasteiger partial charge in [-0.25, -0.2) is 0 Å². The molecule has 0 saturated carbocycles. The molecule has 0 aliphatic rings. The van der Waals surface area contributed by atoms with E-state index in [1.165, 1.54) is 16.9 Å². The van der Waals surface area contributed by atoms with Gasteiger partial charge in [-0.3, -0.25) is 9.59 Å². The first-order valence-electron chi connectivity index (χ1n) is 10.3. The Hall–Kier alpha value is -2.86. The molecule has 0 N–H and O–H groups in total. The highest BCUT2D eigenvalue weighted by Gasteiger charge is 2.26. The van der Waals surface area contributed by atoms with Crippen LogP contribution in [0.3, 0.4) is 0 Å². The van der Waals surface area contributed by atoms with Crippen LogP contribution in [-0.4, -0.2) is 40.7 Å². The van der Waals surface area contributed by atoms with E-state index in [2.05, 4.69) is 12.1 Å². The van der Waals surface area contributed by atoms with Gasteiger partial charge in [-0.1, -0.05) is 43.3 Å². The second-order valence-electron chi connectivity index (χ2n) is 7.30. The van der Waals surface area contributed by atoms with Crippen LogP contribution in [0.5, 0.6) is 0 Å². The molecule has 2 heterocycles. The van der Waals surface area contributed by atoms with E-state index in [-0.39, 0.29) is 24.4 Å². The Bertz CT molecular complexity index is 907. The molecule has 158 valence electrons. The van der Waals surface area contributed by atoms with E-state index in [4.69, 9.17) is 4.42 Å². The zero-order valence-corrected chi connectivity index (χ0v) is 18.3. The van der Waals surface area contributed by atoms with Crippen molar-refractivity contribution in [2.75, 3.05) is 13.1 Å². The molecular weight excluding hydrogens is 396 g/mol. The normalized spacial score (nSPS) is 11.8. The second-order valence-corrected chi connectivity index (χ2v) is 8.25. The predicted molar refractivity (Wildman–Crippen MR) is 119 cm³/mol. The first kappa shape index (κ1) is 21.8. The average Bonchev–Trinajstić information content (AvgIpc) is 3.49. The highest BCUT2D eigenvalue weighted by Crippen LogP contribution is 2.17. The number of benzene rings is 1. The van der Waals surface area contributed by atoms with Gasteiger partial charge in [0.1, 0.15) is 12.3 Å². The van der Waals surface area contributed by atoms with E-state index in [1.54, 1.807) is 16.1 Å². The topological polar surface area (TPSA) is 53.8 Å². The number of hydrogen-bond acceptors (Lipinski definition) is 4. The van der Waals surface area contributed by atoms with Crippen LogP contribution in [0.15, 0.2) is 70.7 Å². The van der Waals surface area contributed by atoms with Crippen LogP contribution in [0.1, 0.15) is 41.3 Å². The molecule has 0 unspecified atom stereocenters. The Morgan fingerprint density at radius 3 is 2.50 bits per heavy atom. The van der Waals surface area contributed by atoms with Gasteiger partial charge in [-0.2, -0.15) is 0 Å². The fourth-order valence-corrected chi connectivity index (χ4v) is 3.91. The third kappa shape index (κ3) is 5.83. The van der Waals surface area contributed by atoms with Crippen molar-refractivity contribution in [1.82, 2.24) is 9.80 Å². The summed E-state index contributed by atoms with van der Waals surface area (Å²) in [6.07, 6.45) is 3.14. The van der Waals surface area contributed by atoms with Gasteiger partial charge in [-0.05, 0) is 48.9 Å². The van der Waals surface area contributed by atoms with Crippen LogP contribution >= 0.6 is 11.3 Å². The van der Waals surface area contributed by atoms with Gasteiger partial charge in [0.2, 0.25) is 5.91 Å². The third-order valence-electron chi connectivity index (χ3n) is 5.21. The van der Waals surface area contributed by atoms with Crippen molar-refractivity contribution in [2.45, 2.75) is 39.3 Å². The summed E-state index contributed by atoms with van der Waals surface area (Å²) in [6, 6.07) is 17.4. The lowest BCUT2D eigenvalue weighted by atomic mass is 10.1. The van der Waals surface area contributed by atoms with E-state index in [9.17, 15) is 9.59 Å². The fraction of sp³-hybridized carbons (Fsp3) is 0.333. The molecule has 6 heteroatoms.